The van der Waals surface area contributed by atoms with Crippen molar-refractivity contribution in [3.63, 3.8) is 0 Å². The molecule has 0 aromatic heterocycles. The van der Waals surface area contributed by atoms with E-state index in [1.165, 1.54) is 0 Å². The number of carboxylic acids is 1. The van der Waals surface area contributed by atoms with E-state index in [4.69, 9.17) is 9.47 Å². The predicted octanol–water partition coefficient (Wildman–Crippen LogP) is 2.66. The van der Waals surface area contributed by atoms with Crippen LogP contribution in [-0.4, -0.2) is 54.5 Å². The highest BCUT2D eigenvalue weighted by atomic mass is 16.5. The molecule has 1 aliphatic heterocycles. The van der Waals surface area contributed by atoms with Gasteiger partial charge in [0.1, 0.15) is 18.2 Å². The van der Waals surface area contributed by atoms with Gasteiger partial charge in [0.25, 0.3) is 0 Å². The van der Waals surface area contributed by atoms with Crippen LogP contribution in [-0.2, 0) is 19.1 Å². The molecule has 1 saturated heterocycles. The van der Waals surface area contributed by atoms with Gasteiger partial charge in [0, 0.05) is 25.0 Å². The number of alkyl carbamates (subject to hydrolysis) is 1. The average molecular weight is 450 g/mol. The molecule has 0 radical (unpaired) electrons. The molecule has 2 amide bonds. The lowest BCUT2D eigenvalue weighted by atomic mass is 9.98. The Morgan fingerprint density at radius 3 is 2.27 bits per heavy atom. The highest BCUT2D eigenvalue weighted by Gasteiger charge is 2.53. The Morgan fingerprint density at radius 1 is 1.03 bits per heavy atom. The summed E-state index contributed by atoms with van der Waals surface area (Å²) < 4.78 is 11.1. The van der Waals surface area contributed by atoms with Crippen molar-refractivity contribution in [2.75, 3.05) is 19.8 Å². The number of hydrogen-bond donors (Lipinski definition) is 3. The summed E-state index contributed by atoms with van der Waals surface area (Å²) in [5, 5.41) is 14.6. The van der Waals surface area contributed by atoms with Crippen LogP contribution in [0, 0.1) is 5.92 Å². The first-order valence-corrected chi connectivity index (χ1v) is 11.2. The first-order valence-electron chi connectivity index (χ1n) is 11.2. The van der Waals surface area contributed by atoms with Gasteiger partial charge in [-0.25, -0.2) is 9.59 Å². The van der Waals surface area contributed by atoms with Gasteiger partial charge < -0.3 is 25.2 Å². The minimum atomic E-state index is -1.16. The number of nitrogens with one attached hydrogen (secondary N) is 2. The minimum absolute atomic E-state index is 0.0257. The van der Waals surface area contributed by atoms with Crippen molar-refractivity contribution >= 4 is 18.0 Å². The van der Waals surface area contributed by atoms with Crippen LogP contribution in [0.3, 0.4) is 0 Å². The van der Waals surface area contributed by atoms with Gasteiger partial charge in [-0.1, -0.05) is 48.5 Å². The second-order valence-corrected chi connectivity index (χ2v) is 8.92. The average Bonchev–Trinajstić information content (AvgIpc) is 3.33. The van der Waals surface area contributed by atoms with E-state index in [-0.39, 0.29) is 25.0 Å². The van der Waals surface area contributed by atoms with Crippen LogP contribution < -0.4 is 10.6 Å². The maximum Gasteiger partial charge on any atom is 0.407 e. The number of amides is 2. The van der Waals surface area contributed by atoms with Gasteiger partial charge in [0.15, 0.2) is 0 Å². The number of benzene rings is 2. The molecule has 5 rings (SSSR count). The lowest BCUT2D eigenvalue weighted by Gasteiger charge is -2.21. The SMILES string of the molecule is O=C(NC[C@H]1CCO[C@H]1C(=O)NC1(C(=O)O)CC1)OCC1c2ccccc2-c2ccccc21. The quantitative estimate of drug-likeness (QED) is 0.598. The van der Waals surface area contributed by atoms with Crippen LogP contribution in [0.4, 0.5) is 4.79 Å². The molecule has 8 nitrogen and oxygen atoms in total. The number of rotatable bonds is 7. The summed E-state index contributed by atoms with van der Waals surface area (Å²) in [5.74, 6) is -1.73. The molecule has 1 saturated carbocycles. The van der Waals surface area contributed by atoms with Gasteiger partial charge in [-0.15, -0.1) is 0 Å². The van der Waals surface area contributed by atoms with Crippen LogP contribution in [0.15, 0.2) is 48.5 Å². The van der Waals surface area contributed by atoms with E-state index in [1.54, 1.807) is 0 Å². The maximum absolute atomic E-state index is 12.6. The summed E-state index contributed by atoms with van der Waals surface area (Å²) in [6.45, 7) is 0.816. The fourth-order valence-corrected chi connectivity index (χ4v) is 4.82. The van der Waals surface area contributed by atoms with Crippen molar-refractivity contribution in [1.29, 1.82) is 0 Å². The third kappa shape index (κ3) is 4.06. The lowest BCUT2D eigenvalue weighted by Crippen LogP contribution is -2.50. The van der Waals surface area contributed by atoms with Crippen molar-refractivity contribution in [2.24, 2.45) is 5.92 Å². The Kier molecular flexibility index (Phi) is 5.54. The van der Waals surface area contributed by atoms with E-state index in [1.807, 2.05) is 24.3 Å². The van der Waals surface area contributed by atoms with Gasteiger partial charge in [-0.2, -0.15) is 0 Å². The molecule has 3 aliphatic rings. The fraction of sp³-hybridized carbons (Fsp3) is 0.400. The number of carboxylic acid groups (broad SMARTS) is 1. The van der Waals surface area contributed by atoms with E-state index >= 15 is 0 Å². The number of fused-ring (bicyclic) bond motifs is 3. The van der Waals surface area contributed by atoms with Crippen molar-refractivity contribution in [3.8, 4) is 11.1 Å². The van der Waals surface area contributed by atoms with Crippen molar-refractivity contribution < 1.29 is 29.0 Å². The highest BCUT2D eigenvalue weighted by Crippen LogP contribution is 2.44. The largest absolute Gasteiger partial charge is 0.480 e. The molecule has 3 N–H and O–H groups in total. The van der Waals surface area contributed by atoms with Crippen LogP contribution in [0.2, 0.25) is 0 Å². The van der Waals surface area contributed by atoms with Crippen LogP contribution in [0.25, 0.3) is 11.1 Å². The Balaban J connectivity index is 1.15. The van der Waals surface area contributed by atoms with Crippen molar-refractivity contribution in [3.05, 3.63) is 59.7 Å². The van der Waals surface area contributed by atoms with E-state index in [9.17, 15) is 19.5 Å². The minimum Gasteiger partial charge on any atom is -0.480 e. The molecule has 33 heavy (non-hydrogen) atoms. The summed E-state index contributed by atoms with van der Waals surface area (Å²) in [4.78, 5) is 36.3. The standard InChI is InChI=1S/C25H26N2O6/c28-22(27-25(10-11-25)23(29)30)21-15(9-12-32-21)13-26-24(31)33-14-20-18-7-3-1-5-16(18)17-6-2-4-8-19(17)20/h1-8,15,20-21H,9-14H2,(H,26,31)(H,27,28)(H,29,30)/t15-,21-/m1/s1. The van der Waals surface area contributed by atoms with Gasteiger partial charge in [0.05, 0.1) is 0 Å². The number of carbonyl (C=O) groups is 3. The predicted molar refractivity (Wildman–Crippen MR) is 119 cm³/mol. The van der Waals surface area contributed by atoms with E-state index < -0.39 is 29.6 Å². The molecule has 2 aliphatic carbocycles. The molecule has 2 atom stereocenters. The molecule has 0 spiro atoms. The summed E-state index contributed by atoms with van der Waals surface area (Å²) in [6, 6.07) is 16.3. The molecule has 1 heterocycles. The second kappa shape index (κ2) is 8.51. The topological polar surface area (TPSA) is 114 Å². The summed E-state index contributed by atoms with van der Waals surface area (Å²) in [6.07, 6.45) is 0.109. The van der Waals surface area contributed by atoms with Crippen LogP contribution in [0.1, 0.15) is 36.3 Å². The molecule has 0 bridgehead atoms. The monoisotopic (exact) mass is 450 g/mol. The first-order chi connectivity index (χ1) is 16.0. The Bertz CT molecular complexity index is 1050. The third-order valence-electron chi connectivity index (χ3n) is 6.85. The van der Waals surface area contributed by atoms with Crippen molar-refractivity contribution in [2.45, 2.75) is 36.8 Å². The highest BCUT2D eigenvalue weighted by molar-refractivity contribution is 5.91. The molecule has 2 aromatic rings. The molecule has 2 fully saturated rings. The number of hydrogen-bond acceptors (Lipinski definition) is 5. The molecule has 8 heteroatoms. The van der Waals surface area contributed by atoms with E-state index in [0.29, 0.717) is 25.9 Å². The van der Waals surface area contributed by atoms with Crippen LogP contribution >= 0.6 is 0 Å². The zero-order chi connectivity index (χ0) is 23.0. The zero-order valence-corrected chi connectivity index (χ0v) is 18.1. The van der Waals surface area contributed by atoms with Gasteiger partial charge in [-0.3, -0.25) is 4.79 Å². The molecular weight excluding hydrogens is 424 g/mol. The van der Waals surface area contributed by atoms with Gasteiger partial charge >= 0.3 is 12.1 Å². The number of ether oxygens (including phenoxy) is 2. The fourth-order valence-electron chi connectivity index (χ4n) is 4.82. The zero-order valence-electron chi connectivity index (χ0n) is 18.1. The van der Waals surface area contributed by atoms with E-state index in [2.05, 4.69) is 34.9 Å². The van der Waals surface area contributed by atoms with Gasteiger partial charge in [-0.05, 0) is 41.5 Å². The summed E-state index contributed by atoms with van der Waals surface area (Å²) in [5.41, 5.74) is 3.44. The Labute approximate surface area is 191 Å². The molecule has 172 valence electrons. The molecule has 2 aromatic carbocycles. The lowest BCUT2D eigenvalue weighted by molar-refractivity contribution is -0.145. The molecular formula is C25H26N2O6. The summed E-state index contributed by atoms with van der Waals surface area (Å²) >= 11 is 0. The normalized spacial score (nSPS) is 22.2. The first kappa shape index (κ1) is 21.5. The van der Waals surface area contributed by atoms with Gasteiger partial charge in [0.2, 0.25) is 5.91 Å². The van der Waals surface area contributed by atoms with Crippen molar-refractivity contribution in [1.82, 2.24) is 10.6 Å². The number of aliphatic carboxylic acids is 1. The van der Waals surface area contributed by atoms with Crippen LogP contribution in [0.5, 0.6) is 0 Å². The summed E-state index contributed by atoms with van der Waals surface area (Å²) in [7, 11) is 0. The molecule has 0 unspecified atom stereocenters. The second-order valence-electron chi connectivity index (χ2n) is 8.92. The van der Waals surface area contributed by atoms with E-state index in [0.717, 1.165) is 22.3 Å². The third-order valence-corrected chi connectivity index (χ3v) is 6.85. The Hall–Kier alpha value is -3.39. The Morgan fingerprint density at radius 2 is 1.67 bits per heavy atom. The number of carbonyl (C=O) groups excluding carboxylic acids is 2. The maximum atomic E-state index is 12.6. The smallest absolute Gasteiger partial charge is 0.407 e.